The standard InChI is InChI=1S/C19H26O2/c1-6-8-9-11-17(20)15-12-14(10-7-2)18(21)16(13-15)19(3,4)5/h12-13,21H,6-8,10H2,1-5H3. The normalized spacial score (nSPS) is 10.9. The van der Waals surface area contributed by atoms with E-state index in [1.807, 2.05) is 27.7 Å². The van der Waals surface area contributed by atoms with Crippen LogP contribution in [-0.2, 0) is 11.8 Å². The van der Waals surface area contributed by atoms with Crippen molar-refractivity contribution in [3.05, 3.63) is 28.8 Å². The van der Waals surface area contributed by atoms with Crippen molar-refractivity contribution in [1.29, 1.82) is 0 Å². The van der Waals surface area contributed by atoms with Crippen LogP contribution in [0.4, 0.5) is 0 Å². The van der Waals surface area contributed by atoms with E-state index in [0.717, 1.165) is 36.8 Å². The molecule has 0 heterocycles. The van der Waals surface area contributed by atoms with Gasteiger partial charge in [0.05, 0.1) is 0 Å². The molecule has 0 bridgehead atoms. The average Bonchev–Trinajstić information content (AvgIpc) is 2.40. The van der Waals surface area contributed by atoms with Gasteiger partial charge in [-0.05, 0) is 41.9 Å². The maximum absolute atomic E-state index is 12.2. The first-order valence-electron chi connectivity index (χ1n) is 7.70. The van der Waals surface area contributed by atoms with Crippen molar-refractivity contribution >= 4 is 5.78 Å². The lowest BCUT2D eigenvalue weighted by atomic mass is 9.83. The van der Waals surface area contributed by atoms with Gasteiger partial charge in [0.1, 0.15) is 5.75 Å². The van der Waals surface area contributed by atoms with Crippen LogP contribution in [0.25, 0.3) is 0 Å². The fourth-order valence-electron chi connectivity index (χ4n) is 2.20. The summed E-state index contributed by atoms with van der Waals surface area (Å²) in [5.41, 5.74) is 2.03. The number of benzene rings is 1. The molecule has 2 heteroatoms. The molecule has 0 aliphatic carbocycles. The summed E-state index contributed by atoms with van der Waals surface area (Å²) < 4.78 is 0. The van der Waals surface area contributed by atoms with Gasteiger partial charge in [-0.15, -0.1) is 0 Å². The fourth-order valence-corrected chi connectivity index (χ4v) is 2.20. The molecule has 0 aliphatic rings. The van der Waals surface area contributed by atoms with Crippen LogP contribution in [0.15, 0.2) is 12.1 Å². The van der Waals surface area contributed by atoms with Crippen LogP contribution >= 0.6 is 0 Å². The zero-order valence-corrected chi connectivity index (χ0v) is 13.8. The van der Waals surface area contributed by atoms with Gasteiger partial charge in [0.25, 0.3) is 0 Å². The van der Waals surface area contributed by atoms with E-state index in [9.17, 15) is 9.90 Å². The van der Waals surface area contributed by atoms with E-state index in [1.54, 1.807) is 12.1 Å². The number of phenols is 1. The molecule has 0 atom stereocenters. The highest BCUT2D eigenvalue weighted by Crippen LogP contribution is 2.35. The summed E-state index contributed by atoms with van der Waals surface area (Å²) in [5.74, 6) is 5.75. The summed E-state index contributed by atoms with van der Waals surface area (Å²) in [4.78, 5) is 12.2. The molecule has 2 nitrogen and oxygen atoms in total. The van der Waals surface area contributed by atoms with Crippen LogP contribution < -0.4 is 0 Å². The molecule has 0 saturated heterocycles. The monoisotopic (exact) mass is 286 g/mol. The SMILES string of the molecule is CCCC#CC(=O)c1cc(CCC)c(O)c(C(C)(C)C)c1. The van der Waals surface area contributed by atoms with Crippen molar-refractivity contribution in [1.82, 2.24) is 0 Å². The van der Waals surface area contributed by atoms with Crippen LogP contribution in [-0.4, -0.2) is 10.9 Å². The van der Waals surface area contributed by atoms with Crippen molar-refractivity contribution in [3.8, 4) is 17.6 Å². The largest absolute Gasteiger partial charge is 0.507 e. The molecule has 0 aromatic heterocycles. The summed E-state index contributed by atoms with van der Waals surface area (Å²) in [6.45, 7) is 10.2. The molecule has 21 heavy (non-hydrogen) atoms. The quantitative estimate of drug-likeness (QED) is 0.498. The minimum atomic E-state index is -0.209. The van der Waals surface area contributed by atoms with Gasteiger partial charge in [0.15, 0.2) is 0 Å². The highest BCUT2D eigenvalue weighted by molar-refractivity contribution is 6.09. The third-order valence-corrected chi connectivity index (χ3v) is 3.36. The third-order valence-electron chi connectivity index (χ3n) is 3.36. The Kier molecular flexibility index (Phi) is 6.03. The van der Waals surface area contributed by atoms with Crippen molar-refractivity contribution in [2.45, 2.75) is 65.7 Å². The molecule has 1 aromatic carbocycles. The van der Waals surface area contributed by atoms with Gasteiger partial charge >= 0.3 is 0 Å². The smallest absolute Gasteiger partial charge is 0.235 e. The Labute approximate surface area is 128 Å². The Morgan fingerprint density at radius 2 is 1.86 bits per heavy atom. The van der Waals surface area contributed by atoms with E-state index in [0.29, 0.717) is 11.3 Å². The van der Waals surface area contributed by atoms with Gasteiger partial charge in [-0.2, -0.15) is 0 Å². The second-order valence-corrected chi connectivity index (χ2v) is 6.41. The summed E-state index contributed by atoms with van der Waals surface area (Å²) in [5, 5.41) is 10.4. The highest BCUT2D eigenvalue weighted by atomic mass is 16.3. The number of aromatic hydroxyl groups is 1. The molecule has 0 spiro atoms. The van der Waals surface area contributed by atoms with Gasteiger partial charge < -0.3 is 5.11 Å². The van der Waals surface area contributed by atoms with E-state index >= 15 is 0 Å². The second kappa shape index (κ2) is 7.31. The summed E-state index contributed by atoms with van der Waals surface area (Å²) in [6, 6.07) is 3.58. The number of aryl methyl sites for hydroxylation is 1. The summed E-state index contributed by atoms with van der Waals surface area (Å²) in [6.07, 6.45) is 3.37. The molecular weight excluding hydrogens is 260 g/mol. The lowest BCUT2D eigenvalue weighted by molar-refractivity contribution is 0.105. The highest BCUT2D eigenvalue weighted by Gasteiger charge is 2.22. The molecule has 1 aromatic rings. The zero-order valence-electron chi connectivity index (χ0n) is 13.8. The fraction of sp³-hybridized carbons (Fsp3) is 0.526. The number of ketones is 1. The van der Waals surface area contributed by atoms with Gasteiger partial charge in [-0.25, -0.2) is 0 Å². The van der Waals surface area contributed by atoms with E-state index in [-0.39, 0.29) is 11.2 Å². The maximum Gasteiger partial charge on any atom is 0.235 e. The molecule has 1 N–H and O–H groups in total. The van der Waals surface area contributed by atoms with Crippen molar-refractivity contribution in [3.63, 3.8) is 0 Å². The molecule has 0 saturated carbocycles. The minimum absolute atomic E-state index is 0.161. The van der Waals surface area contributed by atoms with E-state index in [1.165, 1.54) is 0 Å². The van der Waals surface area contributed by atoms with Crippen molar-refractivity contribution in [2.75, 3.05) is 0 Å². The molecule has 0 radical (unpaired) electrons. The van der Waals surface area contributed by atoms with Crippen LogP contribution in [0.5, 0.6) is 5.75 Å². The predicted molar refractivity (Wildman–Crippen MR) is 87.8 cm³/mol. The second-order valence-electron chi connectivity index (χ2n) is 6.41. The number of hydrogen-bond acceptors (Lipinski definition) is 2. The Balaban J connectivity index is 3.31. The van der Waals surface area contributed by atoms with Crippen LogP contribution in [0.2, 0.25) is 0 Å². The molecule has 0 aliphatic heterocycles. The Hall–Kier alpha value is -1.75. The number of carbonyl (C=O) groups is 1. The number of rotatable bonds is 4. The number of hydrogen-bond donors (Lipinski definition) is 1. The topological polar surface area (TPSA) is 37.3 Å². The third kappa shape index (κ3) is 4.63. The number of carbonyl (C=O) groups excluding carboxylic acids is 1. The van der Waals surface area contributed by atoms with Crippen LogP contribution in [0, 0.1) is 11.8 Å². The molecule has 0 unspecified atom stereocenters. The van der Waals surface area contributed by atoms with E-state index < -0.39 is 0 Å². The van der Waals surface area contributed by atoms with Crippen LogP contribution in [0.1, 0.15) is 75.4 Å². The summed E-state index contributed by atoms with van der Waals surface area (Å²) in [7, 11) is 0. The van der Waals surface area contributed by atoms with E-state index in [4.69, 9.17) is 0 Å². The molecular formula is C19H26O2. The first-order chi connectivity index (χ1) is 9.81. The predicted octanol–water partition coefficient (Wildman–Crippen LogP) is 4.63. The van der Waals surface area contributed by atoms with Gasteiger partial charge in [-0.1, -0.05) is 47.0 Å². The average molecular weight is 286 g/mol. The molecule has 1 rings (SSSR count). The van der Waals surface area contributed by atoms with E-state index in [2.05, 4.69) is 18.8 Å². The Morgan fingerprint density at radius 3 is 2.38 bits per heavy atom. The first kappa shape index (κ1) is 17.3. The number of phenolic OH excluding ortho intramolecular Hbond substituents is 1. The van der Waals surface area contributed by atoms with Gasteiger partial charge in [0.2, 0.25) is 5.78 Å². The lowest BCUT2D eigenvalue weighted by Crippen LogP contribution is -2.14. The number of Topliss-reactive ketones (excluding diaryl/α,β-unsaturated/α-hetero) is 1. The zero-order chi connectivity index (χ0) is 16.0. The van der Waals surface area contributed by atoms with Crippen molar-refractivity contribution in [2.24, 2.45) is 0 Å². The molecule has 0 fully saturated rings. The lowest BCUT2D eigenvalue weighted by Gasteiger charge is -2.23. The number of unbranched alkanes of at least 4 members (excludes halogenated alkanes) is 1. The molecule has 114 valence electrons. The van der Waals surface area contributed by atoms with Gasteiger partial charge in [0, 0.05) is 17.5 Å². The van der Waals surface area contributed by atoms with Crippen LogP contribution in [0.3, 0.4) is 0 Å². The maximum atomic E-state index is 12.2. The van der Waals surface area contributed by atoms with Crippen molar-refractivity contribution < 1.29 is 9.90 Å². The Morgan fingerprint density at radius 1 is 1.19 bits per heavy atom. The molecule has 0 amide bonds. The minimum Gasteiger partial charge on any atom is -0.507 e. The Bertz CT molecular complexity index is 566. The summed E-state index contributed by atoms with van der Waals surface area (Å²) >= 11 is 0. The van der Waals surface area contributed by atoms with Gasteiger partial charge in [-0.3, -0.25) is 4.79 Å². The first-order valence-corrected chi connectivity index (χ1v) is 7.70.